The zero-order valence-electron chi connectivity index (χ0n) is 11.3. The summed E-state index contributed by atoms with van der Waals surface area (Å²) in [7, 11) is 0. The molecular weight excluding hydrogens is 299 g/mol. The number of hydrogen-bond donors (Lipinski definition) is 1. The smallest absolute Gasteiger partial charge is 0.0900 e. The first-order valence-corrected chi connectivity index (χ1v) is 7.62. The highest BCUT2D eigenvalue weighted by atomic mass is 35.5. The Morgan fingerprint density at radius 2 is 1.84 bits per heavy atom. The van der Waals surface area contributed by atoms with Crippen LogP contribution in [0.1, 0.15) is 34.1 Å². The number of nitrogens with one attached hydrogen (secondary N) is 1. The first-order valence-electron chi connectivity index (χ1n) is 6.04. The van der Waals surface area contributed by atoms with Gasteiger partial charge in [-0.15, -0.1) is 11.3 Å². The summed E-state index contributed by atoms with van der Waals surface area (Å²) in [6.45, 7) is 8.09. The Labute approximate surface area is 127 Å². The lowest BCUT2D eigenvalue weighted by atomic mass is 10.2. The van der Waals surface area contributed by atoms with E-state index < -0.39 is 0 Å². The van der Waals surface area contributed by atoms with E-state index in [2.05, 4.69) is 17.2 Å². The standard InChI is InChI=1S/C14H16Cl2N2S/c1-7-5-12(16)13(6-11(7)15)18-9(3)14-8(2)17-10(4)19-14/h5-6,9,18H,1-4H3. The molecule has 1 heterocycles. The monoisotopic (exact) mass is 314 g/mol. The first kappa shape index (κ1) is 14.6. The number of halogens is 2. The topological polar surface area (TPSA) is 24.9 Å². The normalized spacial score (nSPS) is 12.5. The molecule has 19 heavy (non-hydrogen) atoms. The predicted molar refractivity (Wildman–Crippen MR) is 84.8 cm³/mol. The van der Waals surface area contributed by atoms with Crippen molar-refractivity contribution in [3.8, 4) is 0 Å². The number of nitrogens with zero attached hydrogens (tertiary/aromatic N) is 1. The van der Waals surface area contributed by atoms with Crippen molar-refractivity contribution in [2.45, 2.75) is 33.7 Å². The number of aryl methyl sites for hydroxylation is 3. The molecule has 5 heteroatoms. The van der Waals surface area contributed by atoms with Crippen molar-refractivity contribution in [2.24, 2.45) is 0 Å². The average Bonchev–Trinajstić information content (AvgIpc) is 2.65. The molecule has 0 aliphatic carbocycles. The van der Waals surface area contributed by atoms with Gasteiger partial charge in [0.1, 0.15) is 0 Å². The molecule has 2 nitrogen and oxygen atoms in total. The Hall–Kier alpha value is -0.770. The maximum Gasteiger partial charge on any atom is 0.0900 e. The van der Waals surface area contributed by atoms with E-state index in [0.29, 0.717) is 5.02 Å². The molecule has 0 fully saturated rings. The molecule has 1 N–H and O–H groups in total. The maximum absolute atomic E-state index is 6.24. The first-order chi connectivity index (χ1) is 8.88. The quantitative estimate of drug-likeness (QED) is 0.803. The Bertz CT molecular complexity index is 608. The average molecular weight is 315 g/mol. The van der Waals surface area contributed by atoms with Crippen LogP contribution in [0, 0.1) is 20.8 Å². The number of anilines is 1. The van der Waals surface area contributed by atoms with Gasteiger partial charge in [0.2, 0.25) is 0 Å². The van der Waals surface area contributed by atoms with E-state index in [-0.39, 0.29) is 6.04 Å². The molecule has 0 amide bonds. The van der Waals surface area contributed by atoms with Crippen molar-refractivity contribution in [3.63, 3.8) is 0 Å². The van der Waals surface area contributed by atoms with Crippen molar-refractivity contribution in [1.82, 2.24) is 4.98 Å². The SMILES string of the molecule is Cc1nc(C)c(C(C)Nc2cc(Cl)c(C)cc2Cl)s1. The second-order valence-electron chi connectivity index (χ2n) is 4.63. The van der Waals surface area contributed by atoms with E-state index in [1.165, 1.54) is 4.88 Å². The number of thiazole rings is 1. The Balaban J connectivity index is 2.26. The van der Waals surface area contributed by atoms with Gasteiger partial charge in [0.15, 0.2) is 0 Å². The predicted octanol–water partition coefficient (Wildman–Crippen LogP) is 5.55. The van der Waals surface area contributed by atoms with Gasteiger partial charge in [-0.2, -0.15) is 0 Å². The molecule has 102 valence electrons. The van der Waals surface area contributed by atoms with Crippen molar-refractivity contribution in [3.05, 3.63) is 43.3 Å². The lowest BCUT2D eigenvalue weighted by molar-refractivity contribution is 0.890. The van der Waals surface area contributed by atoms with E-state index in [1.807, 2.05) is 32.9 Å². The number of aromatic nitrogens is 1. The zero-order chi connectivity index (χ0) is 14.2. The molecule has 0 aliphatic rings. The number of rotatable bonds is 3. The van der Waals surface area contributed by atoms with Gasteiger partial charge < -0.3 is 5.32 Å². The third kappa shape index (κ3) is 3.22. The summed E-state index contributed by atoms with van der Waals surface area (Å²) in [6.07, 6.45) is 0. The van der Waals surface area contributed by atoms with Crippen molar-refractivity contribution in [1.29, 1.82) is 0 Å². The van der Waals surface area contributed by atoms with Crippen LogP contribution in [0.3, 0.4) is 0 Å². The van der Waals surface area contributed by atoms with Crippen LogP contribution in [0.4, 0.5) is 5.69 Å². The molecule has 0 saturated carbocycles. The van der Waals surface area contributed by atoms with E-state index in [0.717, 1.165) is 27.0 Å². The van der Waals surface area contributed by atoms with E-state index in [1.54, 1.807) is 11.3 Å². The summed E-state index contributed by atoms with van der Waals surface area (Å²) in [5.74, 6) is 0. The van der Waals surface area contributed by atoms with Gasteiger partial charge in [0.05, 0.1) is 27.5 Å². The summed E-state index contributed by atoms with van der Waals surface area (Å²) < 4.78 is 0. The van der Waals surface area contributed by atoms with Gasteiger partial charge in [-0.25, -0.2) is 4.98 Å². The fourth-order valence-corrected chi connectivity index (χ4v) is 3.37. The highest BCUT2D eigenvalue weighted by molar-refractivity contribution is 7.11. The number of hydrogen-bond acceptors (Lipinski definition) is 3. The molecule has 0 spiro atoms. The minimum Gasteiger partial charge on any atom is -0.376 e. The minimum atomic E-state index is 0.155. The Morgan fingerprint density at radius 3 is 2.42 bits per heavy atom. The van der Waals surface area contributed by atoms with E-state index in [4.69, 9.17) is 23.2 Å². The molecule has 1 aromatic heterocycles. The summed E-state index contributed by atoms with van der Waals surface area (Å²) in [5.41, 5.74) is 2.90. The second kappa shape index (κ2) is 5.70. The Kier molecular flexibility index (Phi) is 4.39. The largest absolute Gasteiger partial charge is 0.376 e. The van der Waals surface area contributed by atoms with Gasteiger partial charge >= 0.3 is 0 Å². The van der Waals surface area contributed by atoms with Crippen LogP contribution >= 0.6 is 34.5 Å². The Morgan fingerprint density at radius 1 is 1.16 bits per heavy atom. The molecule has 0 bridgehead atoms. The molecule has 0 aliphatic heterocycles. The second-order valence-corrected chi connectivity index (χ2v) is 6.68. The van der Waals surface area contributed by atoms with Crippen LogP contribution in [-0.4, -0.2) is 4.98 Å². The molecule has 1 unspecified atom stereocenters. The fourth-order valence-electron chi connectivity index (χ4n) is 2.00. The molecule has 2 aromatic rings. The van der Waals surface area contributed by atoms with Crippen LogP contribution in [0.2, 0.25) is 10.0 Å². The van der Waals surface area contributed by atoms with Crippen LogP contribution in [0.15, 0.2) is 12.1 Å². The summed E-state index contributed by atoms with van der Waals surface area (Å²) >= 11 is 14.1. The minimum absolute atomic E-state index is 0.155. The van der Waals surface area contributed by atoms with Crippen molar-refractivity contribution < 1.29 is 0 Å². The molecule has 0 radical (unpaired) electrons. The molecule has 0 saturated heterocycles. The van der Waals surface area contributed by atoms with E-state index >= 15 is 0 Å². The number of benzene rings is 1. The van der Waals surface area contributed by atoms with Gasteiger partial charge in [-0.05, 0) is 45.4 Å². The maximum atomic E-state index is 6.24. The molecule has 1 aromatic carbocycles. The lowest BCUT2D eigenvalue weighted by Gasteiger charge is -2.16. The fraction of sp³-hybridized carbons (Fsp3) is 0.357. The van der Waals surface area contributed by atoms with Gasteiger partial charge in [-0.1, -0.05) is 23.2 Å². The van der Waals surface area contributed by atoms with Crippen LogP contribution in [-0.2, 0) is 0 Å². The van der Waals surface area contributed by atoms with Gasteiger partial charge in [0.25, 0.3) is 0 Å². The van der Waals surface area contributed by atoms with Gasteiger partial charge in [-0.3, -0.25) is 0 Å². The van der Waals surface area contributed by atoms with Crippen LogP contribution in [0.25, 0.3) is 0 Å². The molecule has 2 rings (SSSR count). The zero-order valence-corrected chi connectivity index (χ0v) is 13.7. The highest BCUT2D eigenvalue weighted by Crippen LogP contribution is 2.33. The molecule has 1 atom stereocenters. The van der Waals surface area contributed by atoms with E-state index in [9.17, 15) is 0 Å². The van der Waals surface area contributed by atoms with Crippen molar-refractivity contribution in [2.75, 3.05) is 5.32 Å². The molecular formula is C14H16Cl2N2S. The van der Waals surface area contributed by atoms with Crippen molar-refractivity contribution >= 4 is 40.2 Å². The van der Waals surface area contributed by atoms with Crippen LogP contribution in [0.5, 0.6) is 0 Å². The third-order valence-corrected chi connectivity index (χ3v) is 4.93. The van der Waals surface area contributed by atoms with Crippen LogP contribution < -0.4 is 5.32 Å². The highest BCUT2D eigenvalue weighted by Gasteiger charge is 2.14. The third-order valence-electron chi connectivity index (χ3n) is 2.95. The summed E-state index contributed by atoms with van der Waals surface area (Å²) in [4.78, 5) is 5.67. The summed E-state index contributed by atoms with van der Waals surface area (Å²) in [5, 5.41) is 5.89. The van der Waals surface area contributed by atoms with Gasteiger partial charge in [0, 0.05) is 9.90 Å². The lowest BCUT2D eigenvalue weighted by Crippen LogP contribution is -2.07. The summed E-state index contributed by atoms with van der Waals surface area (Å²) in [6, 6.07) is 3.91.